The first kappa shape index (κ1) is 16.2. The van der Waals surface area contributed by atoms with Gasteiger partial charge < -0.3 is 15.9 Å². The molecule has 3 nitrogen and oxygen atoms in total. The Balaban J connectivity index is 2.95. The zero-order valence-corrected chi connectivity index (χ0v) is 14.0. The van der Waals surface area contributed by atoms with Crippen molar-refractivity contribution < 1.29 is 10.2 Å². The van der Waals surface area contributed by atoms with Crippen LogP contribution in [0, 0.1) is 5.41 Å². The van der Waals surface area contributed by atoms with E-state index < -0.39 is 0 Å². The molecule has 0 fully saturated rings. The lowest BCUT2D eigenvalue weighted by molar-refractivity contribution is 0.123. The van der Waals surface area contributed by atoms with E-state index in [9.17, 15) is 10.2 Å². The fraction of sp³-hybridized carbons (Fsp3) is 0.647. The highest BCUT2D eigenvalue weighted by molar-refractivity contribution is 6.36. The zero-order chi connectivity index (χ0) is 16.4. The summed E-state index contributed by atoms with van der Waals surface area (Å²) >= 11 is 0. The molecule has 0 amide bonds. The largest absolute Gasteiger partial charge is 0.508 e. The number of benzene rings is 1. The van der Waals surface area contributed by atoms with Crippen molar-refractivity contribution in [2.45, 2.75) is 58.8 Å². The van der Waals surface area contributed by atoms with Crippen LogP contribution in [0.25, 0.3) is 0 Å². The van der Waals surface area contributed by atoms with Crippen molar-refractivity contribution >= 4 is 13.3 Å². The molecule has 0 aromatic heterocycles. The van der Waals surface area contributed by atoms with Crippen LogP contribution in [0.3, 0.4) is 0 Å². The first-order valence-electron chi connectivity index (χ1n) is 7.50. The van der Waals surface area contributed by atoms with Gasteiger partial charge in [0.2, 0.25) is 0 Å². The Morgan fingerprint density at radius 2 is 1.33 bits per heavy atom. The molecule has 1 aliphatic carbocycles. The fourth-order valence-corrected chi connectivity index (χ4v) is 3.81. The molecule has 2 radical (unpaired) electrons. The van der Waals surface area contributed by atoms with Gasteiger partial charge in [-0.15, -0.1) is 0 Å². The molecule has 114 valence electrons. The second kappa shape index (κ2) is 4.42. The first-order chi connectivity index (χ1) is 9.42. The third-order valence-corrected chi connectivity index (χ3v) is 6.36. The van der Waals surface area contributed by atoms with Crippen LogP contribution in [-0.2, 0) is 17.3 Å². The number of hydrogen-bond acceptors (Lipinski definition) is 3. The number of hydrogen-bond donors (Lipinski definition) is 3. The van der Waals surface area contributed by atoms with Crippen molar-refractivity contribution in [2.75, 3.05) is 6.54 Å². The Morgan fingerprint density at radius 3 is 1.76 bits per heavy atom. The second-order valence-electron chi connectivity index (χ2n) is 7.75. The average molecular weight is 287 g/mol. The molecule has 1 aliphatic rings. The van der Waals surface area contributed by atoms with Crippen molar-refractivity contribution in [3.63, 3.8) is 0 Å². The molecule has 0 unspecified atom stereocenters. The molecule has 4 heteroatoms. The minimum Gasteiger partial charge on any atom is -0.508 e. The summed E-state index contributed by atoms with van der Waals surface area (Å²) in [5.41, 5.74) is 7.29. The maximum atomic E-state index is 10.8. The summed E-state index contributed by atoms with van der Waals surface area (Å²) in [5.74, 6) is 0.310. The maximum Gasteiger partial charge on any atom is 0.122 e. The second-order valence-corrected chi connectivity index (χ2v) is 7.75. The molecule has 0 saturated heterocycles. The fourth-order valence-electron chi connectivity index (χ4n) is 3.81. The highest BCUT2D eigenvalue weighted by Gasteiger charge is 2.59. The summed E-state index contributed by atoms with van der Waals surface area (Å²) in [5, 5.41) is 21.5. The quantitative estimate of drug-likeness (QED) is 0.575. The monoisotopic (exact) mass is 287 g/mol. The number of rotatable bonds is 2. The van der Waals surface area contributed by atoms with Crippen molar-refractivity contribution in [3.05, 3.63) is 16.7 Å². The molecule has 1 aromatic carbocycles. The standard InChI is InChI=1S/C17H26BNO2/c1-15(2)10-11(16(3,4)17(15,5)6)14(21)12(18)9(7-8-19)13(10)20/h20-21H,7-8,19H2,1-6H3. The Kier molecular flexibility index (Phi) is 3.41. The molecule has 0 bridgehead atoms. The van der Waals surface area contributed by atoms with Gasteiger partial charge in [0, 0.05) is 11.1 Å². The van der Waals surface area contributed by atoms with Crippen LogP contribution in [0.2, 0.25) is 0 Å². The molecular formula is C17H26BNO2. The van der Waals surface area contributed by atoms with Crippen molar-refractivity contribution in [2.24, 2.45) is 11.1 Å². The minimum atomic E-state index is -0.303. The maximum absolute atomic E-state index is 10.8. The number of aromatic hydroxyl groups is 2. The predicted molar refractivity (Wildman–Crippen MR) is 87.8 cm³/mol. The summed E-state index contributed by atoms with van der Waals surface area (Å²) in [7, 11) is 6.08. The molecule has 4 N–H and O–H groups in total. The first-order valence-corrected chi connectivity index (χ1v) is 7.50. The van der Waals surface area contributed by atoms with Crippen LogP contribution in [-0.4, -0.2) is 24.6 Å². The highest BCUT2D eigenvalue weighted by atomic mass is 16.3. The van der Waals surface area contributed by atoms with Gasteiger partial charge in [0.1, 0.15) is 19.3 Å². The smallest absolute Gasteiger partial charge is 0.122 e. The summed E-state index contributed by atoms with van der Waals surface area (Å²) in [6, 6.07) is 0. The van der Waals surface area contributed by atoms with Crippen molar-refractivity contribution in [3.8, 4) is 11.5 Å². The Morgan fingerprint density at radius 1 is 0.905 bits per heavy atom. The van der Waals surface area contributed by atoms with Gasteiger partial charge in [0.05, 0.1) is 0 Å². The third kappa shape index (κ3) is 1.71. The van der Waals surface area contributed by atoms with Crippen LogP contribution in [0.5, 0.6) is 11.5 Å². The molecule has 0 aliphatic heterocycles. The lowest BCUT2D eigenvalue weighted by Crippen LogP contribution is -2.42. The molecule has 2 rings (SSSR count). The summed E-state index contributed by atoms with van der Waals surface area (Å²) in [4.78, 5) is 0. The molecule has 0 saturated carbocycles. The average Bonchev–Trinajstić information content (AvgIpc) is 2.47. The lowest BCUT2D eigenvalue weighted by Gasteiger charge is -2.44. The highest BCUT2D eigenvalue weighted by Crippen LogP contribution is 2.65. The van der Waals surface area contributed by atoms with E-state index in [0.29, 0.717) is 18.5 Å². The molecule has 1 aromatic rings. The minimum absolute atomic E-state index is 0.106. The van der Waals surface area contributed by atoms with E-state index in [2.05, 4.69) is 41.5 Å². The summed E-state index contributed by atoms with van der Waals surface area (Å²) in [6.45, 7) is 13.1. The van der Waals surface area contributed by atoms with E-state index in [0.717, 1.165) is 11.1 Å². The van der Waals surface area contributed by atoms with E-state index in [1.54, 1.807) is 0 Å². The van der Waals surface area contributed by atoms with Crippen LogP contribution in [0.1, 0.15) is 58.2 Å². The third-order valence-electron chi connectivity index (χ3n) is 6.36. The van der Waals surface area contributed by atoms with Gasteiger partial charge in [0.15, 0.2) is 0 Å². The van der Waals surface area contributed by atoms with E-state index in [-0.39, 0.29) is 33.2 Å². The van der Waals surface area contributed by atoms with Crippen LogP contribution < -0.4 is 11.2 Å². The number of nitrogens with two attached hydrogens (primary N) is 1. The van der Waals surface area contributed by atoms with E-state index in [1.807, 2.05) is 0 Å². The van der Waals surface area contributed by atoms with Crippen molar-refractivity contribution in [1.29, 1.82) is 0 Å². The normalized spacial score (nSPS) is 21.3. The van der Waals surface area contributed by atoms with Gasteiger partial charge in [0.25, 0.3) is 0 Å². The van der Waals surface area contributed by atoms with Gasteiger partial charge in [-0.2, -0.15) is 0 Å². The number of phenols is 2. The van der Waals surface area contributed by atoms with E-state index in [1.165, 1.54) is 0 Å². The SMILES string of the molecule is [B]c1c(O)c2c(c(O)c1CCN)C(C)(C)C(C)(C)C2(C)C. The van der Waals surface area contributed by atoms with Crippen LogP contribution in [0.15, 0.2) is 0 Å². The van der Waals surface area contributed by atoms with Gasteiger partial charge >= 0.3 is 0 Å². The molecule has 0 spiro atoms. The van der Waals surface area contributed by atoms with E-state index in [4.69, 9.17) is 13.6 Å². The zero-order valence-electron chi connectivity index (χ0n) is 14.0. The van der Waals surface area contributed by atoms with Gasteiger partial charge in [-0.25, -0.2) is 0 Å². The van der Waals surface area contributed by atoms with Gasteiger partial charge in [-0.05, 0) is 40.2 Å². The Hall–Kier alpha value is -1.16. The number of fused-ring (bicyclic) bond motifs is 1. The molecular weight excluding hydrogens is 261 g/mol. The Bertz CT molecular complexity index is 604. The van der Waals surface area contributed by atoms with Gasteiger partial charge in [-0.3, -0.25) is 0 Å². The van der Waals surface area contributed by atoms with Crippen LogP contribution >= 0.6 is 0 Å². The lowest BCUT2D eigenvalue weighted by atomic mass is 9.59. The predicted octanol–water partition coefficient (Wildman–Crippen LogP) is 1.99. The van der Waals surface area contributed by atoms with Crippen LogP contribution in [0.4, 0.5) is 0 Å². The van der Waals surface area contributed by atoms with E-state index >= 15 is 0 Å². The number of phenolic OH excluding ortho intramolecular Hbond substituents is 2. The topological polar surface area (TPSA) is 66.5 Å². The molecule has 0 heterocycles. The molecule has 21 heavy (non-hydrogen) atoms. The summed E-state index contributed by atoms with van der Waals surface area (Å²) < 4.78 is 0. The molecule has 0 atom stereocenters. The summed E-state index contributed by atoms with van der Waals surface area (Å²) in [6.07, 6.45) is 0.454. The Labute approximate surface area is 129 Å². The van der Waals surface area contributed by atoms with Crippen molar-refractivity contribution in [1.82, 2.24) is 0 Å². The van der Waals surface area contributed by atoms with Gasteiger partial charge in [-0.1, -0.05) is 41.5 Å².